The van der Waals surface area contributed by atoms with E-state index in [0.29, 0.717) is 13.2 Å². The van der Waals surface area contributed by atoms with Crippen molar-refractivity contribution >= 4 is 0 Å². The number of hydrogen-bond donors (Lipinski definition) is 1. The topological polar surface area (TPSA) is 38.7 Å². The van der Waals surface area contributed by atoms with E-state index in [9.17, 15) is 5.11 Å². The lowest BCUT2D eigenvalue weighted by Gasteiger charge is -2.10. The Balaban J connectivity index is 1.67. The molecule has 0 unspecified atom stereocenters. The van der Waals surface area contributed by atoms with Crippen molar-refractivity contribution in [3.05, 3.63) is 60.2 Å². The standard InChI is InChI=1S/C18H22O3/c1-2-18(19)15-9-11-17(12-10-15)21-14-6-13-20-16-7-4-3-5-8-16/h3-5,7-12,18-19H,2,6,13-14H2,1H3/t18-/m0/s1. The molecule has 3 heteroatoms. The lowest BCUT2D eigenvalue weighted by molar-refractivity contribution is 0.173. The highest BCUT2D eigenvalue weighted by atomic mass is 16.5. The molecule has 112 valence electrons. The largest absolute Gasteiger partial charge is 0.493 e. The Morgan fingerprint density at radius 1 is 0.857 bits per heavy atom. The van der Waals surface area contributed by atoms with E-state index in [1.54, 1.807) is 0 Å². The summed E-state index contributed by atoms with van der Waals surface area (Å²) in [6.07, 6.45) is 1.16. The summed E-state index contributed by atoms with van der Waals surface area (Å²) in [6, 6.07) is 17.4. The zero-order valence-electron chi connectivity index (χ0n) is 12.4. The van der Waals surface area contributed by atoms with Crippen LogP contribution in [0.15, 0.2) is 54.6 Å². The summed E-state index contributed by atoms with van der Waals surface area (Å²) in [5.41, 5.74) is 0.928. The number of rotatable bonds is 8. The summed E-state index contributed by atoms with van der Waals surface area (Å²) in [7, 11) is 0. The third-order valence-corrected chi connectivity index (χ3v) is 3.22. The first kappa shape index (κ1) is 15.4. The van der Waals surface area contributed by atoms with Gasteiger partial charge in [0.2, 0.25) is 0 Å². The van der Waals surface area contributed by atoms with Crippen LogP contribution < -0.4 is 9.47 Å². The van der Waals surface area contributed by atoms with Gasteiger partial charge in [-0.1, -0.05) is 37.3 Å². The Morgan fingerprint density at radius 2 is 1.43 bits per heavy atom. The van der Waals surface area contributed by atoms with E-state index in [4.69, 9.17) is 9.47 Å². The molecule has 0 heterocycles. The molecule has 0 saturated heterocycles. The smallest absolute Gasteiger partial charge is 0.119 e. The number of ether oxygens (including phenoxy) is 2. The van der Waals surface area contributed by atoms with Gasteiger partial charge < -0.3 is 14.6 Å². The van der Waals surface area contributed by atoms with E-state index in [0.717, 1.165) is 29.9 Å². The van der Waals surface area contributed by atoms with Crippen LogP contribution in [0.3, 0.4) is 0 Å². The molecule has 2 aromatic carbocycles. The van der Waals surface area contributed by atoms with E-state index < -0.39 is 6.10 Å². The van der Waals surface area contributed by atoms with Gasteiger partial charge in [-0.15, -0.1) is 0 Å². The Hall–Kier alpha value is -2.00. The summed E-state index contributed by atoms with van der Waals surface area (Å²) >= 11 is 0. The first-order valence-corrected chi connectivity index (χ1v) is 7.38. The Labute approximate surface area is 126 Å². The van der Waals surface area contributed by atoms with Crippen LogP contribution >= 0.6 is 0 Å². The van der Waals surface area contributed by atoms with Gasteiger partial charge in [0, 0.05) is 6.42 Å². The summed E-state index contributed by atoms with van der Waals surface area (Å²) in [5.74, 6) is 1.71. The number of benzene rings is 2. The molecule has 0 aliphatic carbocycles. The molecule has 2 rings (SSSR count). The Morgan fingerprint density at radius 3 is 2.00 bits per heavy atom. The minimum atomic E-state index is -0.390. The van der Waals surface area contributed by atoms with Crippen LogP contribution in [-0.4, -0.2) is 18.3 Å². The van der Waals surface area contributed by atoms with Crippen molar-refractivity contribution in [2.75, 3.05) is 13.2 Å². The first-order valence-electron chi connectivity index (χ1n) is 7.38. The van der Waals surface area contributed by atoms with Gasteiger partial charge in [0.1, 0.15) is 11.5 Å². The number of hydrogen-bond acceptors (Lipinski definition) is 3. The lowest BCUT2D eigenvalue weighted by Crippen LogP contribution is -2.05. The zero-order chi connectivity index (χ0) is 14.9. The maximum atomic E-state index is 9.72. The second kappa shape index (κ2) is 8.32. The summed E-state index contributed by atoms with van der Waals surface area (Å²) in [5, 5.41) is 9.72. The fourth-order valence-corrected chi connectivity index (χ4v) is 1.98. The second-order valence-electron chi connectivity index (χ2n) is 4.86. The van der Waals surface area contributed by atoms with Crippen LogP contribution in [0.4, 0.5) is 0 Å². The molecular weight excluding hydrogens is 264 g/mol. The molecule has 1 N–H and O–H groups in total. The van der Waals surface area contributed by atoms with E-state index >= 15 is 0 Å². The Bertz CT molecular complexity index is 508. The number of aliphatic hydroxyl groups excluding tert-OH is 1. The van der Waals surface area contributed by atoms with Crippen molar-refractivity contribution in [3.63, 3.8) is 0 Å². The number of aliphatic hydroxyl groups is 1. The van der Waals surface area contributed by atoms with E-state index in [1.807, 2.05) is 61.5 Å². The van der Waals surface area contributed by atoms with E-state index in [2.05, 4.69) is 0 Å². The molecular formula is C18H22O3. The van der Waals surface area contributed by atoms with Gasteiger partial charge in [-0.25, -0.2) is 0 Å². The molecule has 0 amide bonds. The first-order chi connectivity index (χ1) is 10.3. The van der Waals surface area contributed by atoms with Crippen LogP contribution in [0.25, 0.3) is 0 Å². The molecule has 0 spiro atoms. The van der Waals surface area contributed by atoms with Gasteiger partial charge >= 0.3 is 0 Å². The van der Waals surface area contributed by atoms with Crippen LogP contribution in [0.1, 0.15) is 31.4 Å². The fourth-order valence-electron chi connectivity index (χ4n) is 1.98. The van der Waals surface area contributed by atoms with E-state index in [-0.39, 0.29) is 0 Å². The average Bonchev–Trinajstić information content (AvgIpc) is 2.55. The van der Waals surface area contributed by atoms with Crippen LogP contribution in [0.5, 0.6) is 11.5 Å². The van der Waals surface area contributed by atoms with Crippen molar-refractivity contribution in [2.45, 2.75) is 25.9 Å². The summed E-state index contributed by atoms with van der Waals surface area (Å²) < 4.78 is 11.2. The predicted octanol–water partition coefficient (Wildman–Crippen LogP) is 3.98. The molecule has 0 saturated carbocycles. The van der Waals surface area contributed by atoms with Crippen molar-refractivity contribution < 1.29 is 14.6 Å². The minimum absolute atomic E-state index is 0.390. The summed E-state index contributed by atoms with van der Waals surface area (Å²) in [4.78, 5) is 0. The zero-order valence-corrected chi connectivity index (χ0v) is 12.4. The van der Waals surface area contributed by atoms with Crippen molar-refractivity contribution in [1.29, 1.82) is 0 Å². The van der Waals surface area contributed by atoms with Gasteiger partial charge in [0.15, 0.2) is 0 Å². The van der Waals surface area contributed by atoms with E-state index in [1.165, 1.54) is 0 Å². The lowest BCUT2D eigenvalue weighted by atomic mass is 10.1. The second-order valence-corrected chi connectivity index (χ2v) is 4.86. The quantitative estimate of drug-likeness (QED) is 0.746. The molecule has 0 bridgehead atoms. The third-order valence-electron chi connectivity index (χ3n) is 3.22. The highest BCUT2D eigenvalue weighted by Gasteiger charge is 2.04. The number of para-hydroxylation sites is 1. The average molecular weight is 286 g/mol. The fraction of sp³-hybridized carbons (Fsp3) is 0.333. The molecule has 0 aromatic heterocycles. The van der Waals surface area contributed by atoms with Gasteiger partial charge in [-0.3, -0.25) is 0 Å². The van der Waals surface area contributed by atoms with Crippen molar-refractivity contribution in [2.24, 2.45) is 0 Å². The van der Waals surface area contributed by atoms with Gasteiger partial charge in [0.05, 0.1) is 19.3 Å². The van der Waals surface area contributed by atoms with Gasteiger partial charge in [-0.2, -0.15) is 0 Å². The molecule has 21 heavy (non-hydrogen) atoms. The molecule has 0 aliphatic heterocycles. The molecule has 1 atom stereocenters. The minimum Gasteiger partial charge on any atom is -0.493 e. The highest BCUT2D eigenvalue weighted by molar-refractivity contribution is 5.28. The monoisotopic (exact) mass is 286 g/mol. The normalized spacial score (nSPS) is 11.9. The van der Waals surface area contributed by atoms with Crippen LogP contribution in [0.2, 0.25) is 0 Å². The molecule has 3 nitrogen and oxygen atoms in total. The maximum Gasteiger partial charge on any atom is 0.119 e. The molecule has 0 radical (unpaired) electrons. The molecule has 0 aliphatic rings. The summed E-state index contributed by atoms with van der Waals surface area (Å²) in [6.45, 7) is 3.21. The van der Waals surface area contributed by atoms with Crippen LogP contribution in [0, 0.1) is 0 Å². The third kappa shape index (κ3) is 5.12. The van der Waals surface area contributed by atoms with Gasteiger partial charge in [-0.05, 0) is 36.2 Å². The molecule has 0 fully saturated rings. The SMILES string of the molecule is CC[C@H](O)c1ccc(OCCCOc2ccccc2)cc1. The van der Waals surface area contributed by atoms with Crippen LogP contribution in [-0.2, 0) is 0 Å². The highest BCUT2D eigenvalue weighted by Crippen LogP contribution is 2.19. The Kier molecular flexibility index (Phi) is 6.10. The maximum absolute atomic E-state index is 9.72. The van der Waals surface area contributed by atoms with Gasteiger partial charge in [0.25, 0.3) is 0 Å². The van der Waals surface area contributed by atoms with Crippen molar-refractivity contribution in [1.82, 2.24) is 0 Å². The molecule has 2 aromatic rings. The van der Waals surface area contributed by atoms with Crippen molar-refractivity contribution in [3.8, 4) is 11.5 Å². The predicted molar refractivity (Wildman–Crippen MR) is 83.7 cm³/mol.